The van der Waals surface area contributed by atoms with Gasteiger partial charge in [-0.1, -0.05) is 37.9 Å². The Balaban J connectivity index is 1.80. The second-order valence-electron chi connectivity index (χ2n) is 5.91. The van der Waals surface area contributed by atoms with E-state index < -0.39 is 0 Å². The van der Waals surface area contributed by atoms with Crippen molar-refractivity contribution in [3.05, 3.63) is 61.5 Å². The summed E-state index contributed by atoms with van der Waals surface area (Å²) in [4.78, 5) is 0. The highest BCUT2D eigenvalue weighted by molar-refractivity contribution is 9.10. The molecule has 0 aromatic heterocycles. The Labute approximate surface area is 143 Å². The molecule has 0 amide bonds. The second kappa shape index (κ2) is 6.13. The molecule has 0 saturated heterocycles. The van der Waals surface area contributed by atoms with E-state index in [1.165, 1.54) is 38.8 Å². The first kappa shape index (κ1) is 15.1. The average Bonchev–Trinajstić information content (AvgIpc) is 2.43. The molecule has 2 aromatic rings. The van der Waals surface area contributed by atoms with Gasteiger partial charge in [0.2, 0.25) is 0 Å². The van der Waals surface area contributed by atoms with Crippen LogP contribution in [0.1, 0.15) is 28.7 Å². The Morgan fingerprint density at radius 1 is 0.952 bits per heavy atom. The lowest BCUT2D eigenvalue weighted by atomic mass is 9.88. The van der Waals surface area contributed by atoms with Crippen LogP contribution < -0.4 is 5.32 Å². The van der Waals surface area contributed by atoms with Gasteiger partial charge >= 0.3 is 0 Å². The highest BCUT2D eigenvalue weighted by Gasteiger charge is 2.19. The van der Waals surface area contributed by atoms with Gasteiger partial charge in [0.05, 0.1) is 0 Å². The van der Waals surface area contributed by atoms with Crippen LogP contribution in [0, 0.1) is 13.8 Å². The fraction of sp³-hybridized carbons (Fsp3) is 0.333. The highest BCUT2D eigenvalue weighted by atomic mass is 79.9. The number of benzene rings is 2. The first-order valence-corrected chi connectivity index (χ1v) is 8.92. The van der Waals surface area contributed by atoms with Crippen molar-refractivity contribution >= 4 is 37.5 Å². The van der Waals surface area contributed by atoms with Crippen LogP contribution in [0.2, 0.25) is 0 Å². The molecule has 1 aliphatic rings. The van der Waals surface area contributed by atoms with Gasteiger partial charge in [0.1, 0.15) is 0 Å². The van der Waals surface area contributed by atoms with E-state index in [0.717, 1.165) is 17.3 Å². The minimum atomic E-state index is 0.525. The van der Waals surface area contributed by atoms with Crippen molar-refractivity contribution < 1.29 is 0 Å². The summed E-state index contributed by atoms with van der Waals surface area (Å²) in [7, 11) is 0. The fourth-order valence-corrected chi connectivity index (χ4v) is 4.28. The number of rotatable bonds is 2. The molecule has 0 saturated carbocycles. The minimum absolute atomic E-state index is 0.525. The third kappa shape index (κ3) is 3.35. The number of anilines is 1. The summed E-state index contributed by atoms with van der Waals surface area (Å²) in [6, 6.07) is 11.6. The molecule has 2 aromatic carbocycles. The van der Waals surface area contributed by atoms with Gasteiger partial charge < -0.3 is 5.32 Å². The van der Waals surface area contributed by atoms with Gasteiger partial charge in [-0.25, -0.2) is 0 Å². The molecule has 1 nitrogen and oxygen atoms in total. The molecule has 3 rings (SSSR count). The standard InChI is InChI=1S/C18H19Br2N/c1-11-7-16(20)8-12(2)18(11)21-17-6-4-13-9-15(19)5-3-14(13)10-17/h3,5,7-9,17,21H,4,6,10H2,1-2H3. The first-order valence-electron chi connectivity index (χ1n) is 7.33. The normalized spacial score (nSPS) is 17.4. The maximum Gasteiger partial charge on any atom is 0.0402 e. The summed E-state index contributed by atoms with van der Waals surface area (Å²) in [5.41, 5.74) is 6.89. The molecular weight excluding hydrogens is 390 g/mol. The van der Waals surface area contributed by atoms with Crippen molar-refractivity contribution in [2.75, 3.05) is 5.32 Å². The van der Waals surface area contributed by atoms with Gasteiger partial charge in [-0.2, -0.15) is 0 Å². The van der Waals surface area contributed by atoms with Crippen molar-refractivity contribution in [1.29, 1.82) is 0 Å². The van der Waals surface area contributed by atoms with Crippen LogP contribution in [0.25, 0.3) is 0 Å². The third-order valence-electron chi connectivity index (χ3n) is 4.24. The van der Waals surface area contributed by atoms with Crippen LogP contribution in [0.15, 0.2) is 39.3 Å². The molecule has 0 radical (unpaired) electrons. The van der Waals surface area contributed by atoms with E-state index >= 15 is 0 Å². The Morgan fingerprint density at radius 3 is 2.38 bits per heavy atom. The third-order valence-corrected chi connectivity index (χ3v) is 5.19. The first-order chi connectivity index (χ1) is 10.0. The van der Waals surface area contributed by atoms with E-state index in [0.29, 0.717) is 6.04 Å². The van der Waals surface area contributed by atoms with E-state index in [1.54, 1.807) is 0 Å². The van der Waals surface area contributed by atoms with E-state index in [9.17, 15) is 0 Å². The van der Waals surface area contributed by atoms with Gasteiger partial charge in [0, 0.05) is 20.7 Å². The quantitative estimate of drug-likeness (QED) is 0.662. The van der Waals surface area contributed by atoms with Crippen molar-refractivity contribution in [2.24, 2.45) is 0 Å². The number of nitrogens with one attached hydrogen (secondary N) is 1. The SMILES string of the molecule is Cc1cc(Br)cc(C)c1NC1CCc2cc(Br)ccc2C1. The molecule has 0 heterocycles. The zero-order valence-electron chi connectivity index (χ0n) is 12.3. The maximum absolute atomic E-state index is 3.77. The Kier molecular flexibility index (Phi) is 4.41. The fourth-order valence-electron chi connectivity index (χ4n) is 3.19. The molecule has 1 atom stereocenters. The summed E-state index contributed by atoms with van der Waals surface area (Å²) in [5.74, 6) is 0. The van der Waals surface area contributed by atoms with Crippen molar-refractivity contribution in [3.63, 3.8) is 0 Å². The van der Waals surface area contributed by atoms with Gasteiger partial charge in [-0.3, -0.25) is 0 Å². The van der Waals surface area contributed by atoms with Gasteiger partial charge in [0.25, 0.3) is 0 Å². The number of fused-ring (bicyclic) bond motifs is 1. The topological polar surface area (TPSA) is 12.0 Å². The molecule has 3 heteroatoms. The summed E-state index contributed by atoms with van der Waals surface area (Å²) in [6.07, 6.45) is 3.46. The van der Waals surface area contributed by atoms with Crippen molar-refractivity contribution in [1.82, 2.24) is 0 Å². The molecule has 0 fully saturated rings. The predicted octanol–water partition coefficient (Wildman–Crippen LogP) is 5.80. The zero-order valence-corrected chi connectivity index (χ0v) is 15.5. The number of hydrogen-bond acceptors (Lipinski definition) is 1. The molecular formula is C18H19Br2N. The molecule has 0 spiro atoms. The van der Waals surface area contributed by atoms with Gasteiger partial charge in [-0.05, 0) is 79.6 Å². The molecule has 1 N–H and O–H groups in total. The van der Waals surface area contributed by atoms with E-state index in [-0.39, 0.29) is 0 Å². The maximum atomic E-state index is 3.77. The van der Waals surface area contributed by atoms with Gasteiger partial charge in [-0.15, -0.1) is 0 Å². The summed E-state index contributed by atoms with van der Waals surface area (Å²) >= 11 is 7.13. The van der Waals surface area contributed by atoms with E-state index in [4.69, 9.17) is 0 Å². The lowest BCUT2D eigenvalue weighted by Crippen LogP contribution is -2.28. The summed E-state index contributed by atoms with van der Waals surface area (Å²) in [6.45, 7) is 4.35. The van der Waals surface area contributed by atoms with Crippen LogP contribution in [0.5, 0.6) is 0 Å². The van der Waals surface area contributed by atoms with Crippen molar-refractivity contribution in [2.45, 2.75) is 39.2 Å². The Bertz CT molecular complexity index is 656. The average molecular weight is 409 g/mol. The molecule has 21 heavy (non-hydrogen) atoms. The zero-order chi connectivity index (χ0) is 15.0. The van der Waals surface area contributed by atoms with Gasteiger partial charge in [0.15, 0.2) is 0 Å². The van der Waals surface area contributed by atoms with E-state index in [1.807, 2.05) is 0 Å². The molecule has 1 aliphatic carbocycles. The van der Waals surface area contributed by atoms with Crippen LogP contribution >= 0.6 is 31.9 Å². The van der Waals surface area contributed by atoms with Crippen LogP contribution in [-0.4, -0.2) is 6.04 Å². The van der Waals surface area contributed by atoms with Crippen molar-refractivity contribution in [3.8, 4) is 0 Å². The molecule has 110 valence electrons. The largest absolute Gasteiger partial charge is 0.382 e. The predicted molar refractivity (Wildman–Crippen MR) is 97.2 cm³/mol. The Hall–Kier alpha value is -0.800. The van der Waals surface area contributed by atoms with Crippen LogP contribution in [0.3, 0.4) is 0 Å². The summed E-state index contributed by atoms with van der Waals surface area (Å²) < 4.78 is 2.34. The highest BCUT2D eigenvalue weighted by Crippen LogP contribution is 2.30. The number of halogens is 2. The molecule has 0 bridgehead atoms. The lowest BCUT2D eigenvalue weighted by Gasteiger charge is -2.28. The minimum Gasteiger partial charge on any atom is -0.382 e. The van der Waals surface area contributed by atoms with Crippen LogP contribution in [0.4, 0.5) is 5.69 Å². The monoisotopic (exact) mass is 407 g/mol. The molecule has 0 aliphatic heterocycles. The van der Waals surface area contributed by atoms with E-state index in [2.05, 4.69) is 81.4 Å². The lowest BCUT2D eigenvalue weighted by molar-refractivity contribution is 0.610. The second-order valence-corrected chi connectivity index (χ2v) is 7.74. The Morgan fingerprint density at radius 2 is 1.67 bits per heavy atom. The molecule has 1 unspecified atom stereocenters. The number of aryl methyl sites for hydroxylation is 3. The smallest absolute Gasteiger partial charge is 0.0402 e. The summed E-state index contributed by atoms with van der Waals surface area (Å²) in [5, 5.41) is 3.77. The van der Waals surface area contributed by atoms with Crippen LogP contribution in [-0.2, 0) is 12.8 Å². The number of hydrogen-bond donors (Lipinski definition) is 1.